The van der Waals surface area contributed by atoms with Crippen molar-refractivity contribution in [3.8, 4) is 0 Å². The molecule has 0 radical (unpaired) electrons. The summed E-state index contributed by atoms with van der Waals surface area (Å²) < 4.78 is 18.0. The first kappa shape index (κ1) is 20.0. The lowest BCUT2D eigenvalue weighted by atomic mass is 9.89. The summed E-state index contributed by atoms with van der Waals surface area (Å²) in [5.41, 5.74) is 2.04. The maximum atomic E-state index is 13.0. The van der Waals surface area contributed by atoms with Gasteiger partial charge in [-0.05, 0) is 25.0 Å². The second kappa shape index (κ2) is 8.24. The van der Waals surface area contributed by atoms with Gasteiger partial charge in [0.15, 0.2) is 11.9 Å². The molecular formula is C23H27NO5. The average Bonchev–Trinajstić information content (AvgIpc) is 3.04. The van der Waals surface area contributed by atoms with Gasteiger partial charge in [0.2, 0.25) is 0 Å². The highest BCUT2D eigenvalue weighted by atomic mass is 16.8. The molecule has 4 rings (SSSR count). The first-order valence-corrected chi connectivity index (χ1v) is 9.95. The molecule has 0 spiro atoms. The van der Waals surface area contributed by atoms with Gasteiger partial charge in [0.25, 0.3) is 5.91 Å². The largest absolute Gasteiger partial charge is 0.394 e. The van der Waals surface area contributed by atoms with E-state index in [1.807, 2.05) is 74.5 Å². The molecule has 2 fully saturated rings. The molecule has 6 heteroatoms. The van der Waals surface area contributed by atoms with Crippen molar-refractivity contribution in [3.63, 3.8) is 0 Å². The third-order valence-electron chi connectivity index (χ3n) is 5.40. The van der Waals surface area contributed by atoms with E-state index in [-0.39, 0.29) is 18.6 Å². The van der Waals surface area contributed by atoms with E-state index in [9.17, 15) is 9.90 Å². The lowest BCUT2D eigenvalue weighted by Crippen LogP contribution is -2.70. The number of rotatable bonds is 7. The van der Waals surface area contributed by atoms with Gasteiger partial charge in [-0.15, -0.1) is 0 Å². The van der Waals surface area contributed by atoms with Crippen molar-refractivity contribution in [1.82, 2.24) is 4.90 Å². The molecule has 2 heterocycles. The number of ether oxygens (including phenoxy) is 3. The van der Waals surface area contributed by atoms with Crippen LogP contribution in [-0.2, 0) is 32.2 Å². The number of hydrogen-bond acceptors (Lipinski definition) is 5. The number of carbonyl (C=O) groups excluding carboxylic acids is 1. The van der Waals surface area contributed by atoms with E-state index in [4.69, 9.17) is 14.2 Å². The minimum atomic E-state index is -0.820. The lowest BCUT2D eigenvalue weighted by molar-refractivity contribution is -0.199. The average molecular weight is 397 g/mol. The van der Waals surface area contributed by atoms with Gasteiger partial charge in [0.1, 0.15) is 12.2 Å². The minimum absolute atomic E-state index is 0.0696. The Balaban J connectivity index is 1.54. The molecule has 154 valence electrons. The number of hydrogen-bond donors (Lipinski definition) is 1. The third kappa shape index (κ3) is 4.21. The quantitative estimate of drug-likeness (QED) is 0.727. The highest BCUT2D eigenvalue weighted by Crippen LogP contribution is 2.38. The van der Waals surface area contributed by atoms with Crippen molar-refractivity contribution < 1.29 is 24.1 Å². The van der Waals surface area contributed by atoms with E-state index in [0.29, 0.717) is 13.2 Å². The van der Waals surface area contributed by atoms with Crippen molar-refractivity contribution in [3.05, 3.63) is 71.8 Å². The van der Waals surface area contributed by atoms with Gasteiger partial charge in [-0.2, -0.15) is 0 Å². The summed E-state index contributed by atoms with van der Waals surface area (Å²) in [7, 11) is 0. The fraction of sp³-hybridized carbons (Fsp3) is 0.435. The van der Waals surface area contributed by atoms with Gasteiger partial charge in [-0.1, -0.05) is 60.7 Å². The molecule has 4 atom stereocenters. The molecule has 2 aliphatic rings. The molecule has 0 aromatic heterocycles. The molecule has 2 aromatic rings. The van der Waals surface area contributed by atoms with E-state index < -0.39 is 24.1 Å². The maximum absolute atomic E-state index is 13.0. The fourth-order valence-corrected chi connectivity index (χ4v) is 4.07. The molecule has 1 amide bonds. The number of benzene rings is 2. The second-order valence-electron chi connectivity index (χ2n) is 7.98. The fourth-order valence-electron chi connectivity index (χ4n) is 4.07. The van der Waals surface area contributed by atoms with Crippen LogP contribution in [0.5, 0.6) is 0 Å². The van der Waals surface area contributed by atoms with Gasteiger partial charge < -0.3 is 24.2 Å². The second-order valence-corrected chi connectivity index (χ2v) is 7.98. The summed E-state index contributed by atoms with van der Waals surface area (Å²) in [4.78, 5) is 14.7. The molecule has 0 bridgehead atoms. The van der Waals surface area contributed by atoms with Crippen molar-refractivity contribution in [2.75, 3.05) is 6.61 Å². The topological polar surface area (TPSA) is 68.2 Å². The molecule has 29 heavy (non-hydrogen) atoms. The zero-order valence-electron chi connectivity index (χ0n) is 16.7. The molecule has 1 N–H and O–H groups in total. The Hall–Kier alpha value is -2.25. The number of likely N-dealkylation sites (tertiary alicyclic amines) is 1. The Morgan fingerprint density at radius 3 is 2.24 bits per heavy atom. The molecule has 2 aliphatic heterocycles. The van der Waals surface area contributed by atoms with Crippen LogP contribution in [0.15, 0.2) is 60.7 Å². The van der Waals surface area contributed by atoms with E-state index in [0.717, 1.165) is 11.1 Å². The van der Waals surface area contributed by atoms with Crippen LogP contribution in [-0.4, -0.2) is 52.7 Å². The van der Waals surface area contributed by atoms with Crippen molar-refractivity contribution in [2.45, 2.75) is 57.1 Å². The zero-order chi connectivity index (χ0) is 20.4. The summed E-state index contributed by atoms with van der Waals surface area (Å²) in [5.74, 6) is -0.890. The van der Waals surface area contributed by atoms with Crippen LogP contribution in [0.25, 0.3) is 0 Å². The number of aliphatic hydroxyl groups excluding tert-OH is 1. The number of amides is 1. The predicted octanol–water partition coefficient (Wildman–Crippen LogP) is 2.50. The molecule has 2 saturated heterocycles. The molecule has 0 unspecified atom stereocenters. The van der Waals surface area contributed by atoms with Crippen LogP contribution in [0, 0.1) is 0 Å². The van der Waals surface area contributed by atoms with Crippen LogP contribution in [0.3, 0.4) is 0 Å². The van der Waals surface area contributed by atoms with Crippen LogP contribution >= 0.6 is 0 Å². The van der Waals surface area contributed by atoms with Crippen LogP contribution in [0.4, 0.5) is 0 Å². The number of nitrogens with zero attached hydrogens (tertiary/aromatic N) is 1. The lowest BCUT2D eigenvalue weighted by Gasteiger charge is -2.49. The molecule has 0 aliphatic carbocycles. The Bertz CT molecular complexity index is 826. The first-order valence-electron chi connectivity index (χ1n) is 9.95. The van der Waals surface area contributed by atoms with E-state index >= 15 is 0 Å². The summed E-state index contributed by atoms with van der Waals surface area (Å²) in [6, 6.07) is 19.3. The minimum Gasteiger partial charge on any atom is -0.394 e. The zero-order valence-corrected chi connectivity index (χ0v) is 16.7. The van der Waals surface area contributed by atoms with E-state index in [1.165, 1.54) is 0 Å². The van der Waals surface area contributed by atoms with Gasteiger partial charge in [0.05, 0.1) is 19.3 Å². The molecular weight excluding hydrogens is 370 g/mol. The predicted molar refractivity (Wildman–Crippen MR) is 107 cm³/mol. The SMILES string of the molecule is CC1(C)O[C@H]([C@@H]2[C@H](OCc3ccccc3)C(=O)N2Cc2ccccc2)[C@@H](CO)O1. The Morgan fingerprint density at radius 2 is 1.62 bits per heavy atom. The van der Waals surface area contributed by atoms with Crippen LogP contribution < -0.4 is 0 Å². The normalized spacial score (nSPS) is 28.4. The van der Waals surface area contributed by atoms with Gasteiger partial charge in [-0.25, -0.2) is 0 Å². The Labute approximate surface area is 171 Å². The third-order valence-corrected chi connectivity index (χ3v) is 5.40. The Kier molecular flexibility index (Phi) is 5.69. The van der Waals surface area contributed by atoms with E-state index in [1.54, 1.807) is 4.90 Å². The highest BCUT2D eigenvalue weighted by molar-refractivity contribution is 5.88. The summed E-state index contributed by atoms with van der Waals surface area (Å²) in [5, 5.41) is 9.82. The van der Waals surface area contributed by atoms with E-state index in [2.05, 4.69) is 0 Å². The van der Waals surface area contributed by atoms with Gasteiger partial charge in [0, 0.05) is 6.54 Å². The summed E-state index contributed by atoms with van der Waals surface area (Å²) >= 11 is 0. The molecule has 2 aromatic carbocycles. The van der Waals surface area contributed by atoms with Gasteiger partial charge in [-0.3, -0.25) is 4.79 Å². The van der Waals surface area contributed by atoms with Crippen LogP contribution in [0.1, 0.15) is 25.0 Å². The summed E-state index contributed by atoms with van der Waals surface area (Å²) in [6.45, 7) is 4.26. The van der Waals surface area contributed by atoms with Gasteiger partial charge >= 0.3 is 0 Å². The standard InChI is InChI=1S/C23H27NO5/c1-23(2)28-18(14-25)20(29-23)19-21(27-15-17-11-7-4-8-12-17)22(26)24(19)13-16-9-5-3-6-10-16/h3-12,18-21,25H,13-15H2,1-2H3/t18-,19-,20+,21+/m1/s1. The number of aliphatic hydroxyl groups is 1. The maximum Gasteiger partial charge on any atom is 0.254 e. The summed E-state index contributed by atoms with van der Waals surface area (Å²) in [6.07, 6.45) is -1.60. The number of carbonyl (C=O) groups is 1. The highest BCUT2D eigenvalue weighted by Gasteiger charge is 2.58. The smallest absolute Gasteiger partial charge is 0.254 e. The van der Waals surface area contributed by atoms with Crippen molar-refractivity contribution in [2.24, 2.45) is 0 Å². The Morgan fingerprint density at radius 1 is 1.00 bits per heavy atom. The number of β-lactam (4-membered cyclic amide) rings is 1. The van der Waals surface area contributed by atoms with Crippen molar-refractivity contribution in [1.29, 1.82) is 0 Å². The van der Waals surface area contributed by atoms with Crippen molar-refractivity contribution >= 4 is 5.91 Å². The monoisotopic (exact) mass is 397 g/mol. The van der Waals surface area contributed by atoms with Crippen LogP contribution in [0.2, 0.25) is 0 Å². The molecule has 0 saturated carbocycles. The molecule has 6 nitrogen and oxygen atoms in total. The first-order chi connectivity index (χ1) is 14.0.